The molecule has 2 aromatic heterocycles. The Labute approximate surface area is 271 Å². The average Bonchev–Trinajstić information content (AvgIpc) is 3.74. The number of rotatable bonds is 9. The first-order valence-electron chi connectivity index (χ1n) is 15.2. The zero-order chi connectivity index (χ0) is 32.8. The summed E-state index contributed by atoms with van der Waals surface area (Å²) in [4.78, 5) is 56.5. The molecule has 5 rings (SSSR count). The summed E-state index contributed by atoms with van der Waals surface area (Å²) in [6, 6.07) is 16.8. The Morgan fingerprint density at radius 1 is 0.851 bits per heavy atom. The van der Waals surface area contributed by atoms with Crippen molar-refractivity contribution in [3.05, 3.63) is 96.3 Å². The summed E-state index contributed by atoms with van der Waals surface area (Å²) in [6.45, 7) is 0.944. The maximum Gasteiger partial charge on any atom is 0.246 e. The van der Waals surface area contributed by atoms with Gasteiger partial charge in [-0.25, -0.2) is 9.67 Å². The standard InChI is InChI=1S/C32H37N9O6/c42-29(34-17-23-7-3-1-4-8-23)20-40-18-24(35-22-40)15-28-32(45)37-27(16-25-19-41(39-38-25)26-9-5-2-6-10-26)31(44)33-11-12-46-13-14-47-21-30(43)36-28/h1-10,18-19,22,27-28H,11-17,20-21H2,(H,33,44)(H,34,42)(H,36,43)(H,37,45). The molecule has 0 bridgehead atoms. The van der Waals surface area contributed by atoms with E-state index in [2.05, 4.69) is 36.6 Å². The largest absolute Gasteiger partial charge is 0.377 e. The first-order valence-corrected chi connectivity index (χ1v) is 15.2. The van der Waals surface area contributed by atoms with Crippen LogP contribution in [0.3, 0.4) is 0 Å². The summed E-state index contributed by atoms with van der Waals surface area (Å²) in [6.07, 6.45) is 4.85. The van der Waals surface area contributed by atoms with Gasteiger partial charge < -0.3 is 35.3 Å². The summed E-state index contributed by atoms with van der Waals surface area (Å²) in [5.74, 6) is -1.78. The van der Waals surface area contributed by atoms with Crippen molar-refractivity contribution in [3.63, 3.8) is 0 Å². The minimum atomic E-state index is -1.10. The molecule has 1 saturated heterocycles. The molecule has 47 heavy (non-hydrogen) atoms. The predicted molar refractivity (Wildman–Crippen MR) is 168 cm³/mol. The van der Waals surface area contributed by atoms with Gasteiger partial charge in [0.2, 0.25) is 23.6 Å². The summed E-state index contributed by atoms with van der Waals surface area (Å²) in [5.41, 5.74) is 2.70. The van der Waals surface area contributed by atoms with Gasteiger partial charge in [0.25, 0.3) is 0 Å². The number of nitrogens with one attached hydrogen (secondary N) is 4. The Hall–Kier alpha value is -5.41. The number of hydrogen-bond acceptors (Lipinski definition) is 9. The van der Waals surface area contributed by atoms with Gasteiger partial charge in [0.05, 0.1) is 49.4 Å². The van der Waals surface area contributed by atoms with Gasteiger partial charge in [-0.15, -0.1) is 5.10 Å². The lowest BCUT2D eigenvalue weighted by molar-refractivity contribution is -0.133. The highest BCUT2D eigenvalue weighted by molar-refractivity contribution is 5.92. The minimum absolute atomic E-state index is 0.00214. The Bertz CT molecular complexity index is 1630. The van der Waals surface area contributed by atoms with E-state index in [0.29, 0.717) is 17.9 Å². The third kappa shape index (κ3) is 10.3. The maximum atomic E-state index is 13.7. The zero-order valence-corrected chi connectivity index (χ0v) is 25.7. The van der Waals surface area contributed by atoms with Crippen LogP contribution in [0.2, 0.25) is 0 Å². The molecule has 2 atom stereocenters. The Kier molecular flexibility index (Phi) is 11.8. The van der Waals surface area contributed by atoms with Crippen molar-refractivity contribution < 1.29 is 28.7 Å². The van der Waals surface area contributed by atoms with Crippen LogP contribution in [-0.4, -0.2) is 93.2 Å². The zero-order valence-electron chi connectivity index (χ0n) is 25.7. The van der Waals surface area contributed by atoms with Crippen LogP contribution in [0.15, 0.2) is 79.4 Å². The highest BCUT2D eigenvalue weighted by Gasteiger charge is 2.29. The van der Waals surface area contributed by atoms with Gasteiger partial charge in [0.1, 0.15) is 25.2 Å². The highest BCUT2D eigenvalue weighted by atomic mass is 16.5. The van der Waals surface area contributed by atoms with Crippen molar-refractivity contribution in [3.8, 4) is 5.69 Å². The first-order chi connectivity index (χ1) is 22.9. The topological polar surface area (TPSA) is 183 Å². The number of aromatic nitrogens is 5. The third-order valence-electron chi connectivity index (χ3n) is 7.17. The molecule has 15 nitrogen and oxygen atoms in total. The van der Waals surface area contributed by atoms with E-state index in [9.17, 15) is 19.2 Å². The maximum absolute atomic E-state index is 13.7. The molecule has 2 aromatic carbocycles. The number of para-hydroxylation sites is 1. The fraction of sp³-hybridized carbons (Fsp3) is 0.344. The van der Waals surface area contributed by atoms with Crippen molar-refractivity contribution in [2.24, 2.45) is 0 Å². The molecule has 1 aliphatic heterocycles. The van der Waals surface area contributed by atoms with E-state index in [-0.39, 0.29) is 58.3 Å². The molecule has 0 spiro atoms. The quantitative estimate of drug-likeness (QED) is 0.190. The molecule has 1 fully saturated rings. The second-order valence-electron chi connectivity index (χ2n) is 10.8. The van der Waals surface area contributed by atoms with Crippen molar-refractivity contribution in [1.82, 2.24) is 45.8 Å². The number of carbonyl (C=O) groups is 4. The van der Waals surface area contributed by atoms with E-state index >= 15 is 0 Å². The molecule has 0 saturated carbocycles. The molecule has 4 aromatic rings. The number of carbonyl (C=O) groups excluding carboxylic acids is 4. The first kappa shape index (κ1) is 33.0. The number of amides is 4. The second kappa shape index (κ2) is 16.8. The van der Waals surface area contributed by atoms with Crippen molar-refractivity contribution >= 4 is 23.6 Å². The predicted octanol–water partition coefficient (Wildman–Crippen LogP) is -0.302. The van der Waals surface area contributed by atoms with Crippen LogP contribution < -0.4 is 21.3 Å². The third-order valence-corrected chi connectivity index (χ3v) is 7.17. The van der Waals surface area contributed by atoms with Crippen LogP contribution in [-0.2, 0) is 54.6 Å². The molecule has 2 unspecified atom stereocenters. The van der Waals surface area contributed by atoms with Gasteiger partial charge in [0, 0.05) is 32.1 Å². The van der Waals surface area contributed by atoms with Crippen LogP contribution >= 0.6 is 0 Å². The van der Waals surface area contributed by atoms with Crippen LogP contribution in [0, 0.1) is 0 Å². The van der Waals surface area contributed by atoms with E-state index in [4.69, 9.17) is 9.47 Å². The molecule has 246 valence electrons. The molecular formula is C32H37N9O6. The summed E-state index contributed by atoms with van der Waals surface area (Å²) < 4.78 is 14.0. The van der Waals surface area contributed by atoms with E-state index in [1.807, 2.05) is 60.7 Å². The van der Waals surface area contributed by atoms with Crippen molar-refractivity contribution in [2.45, 2.75) is 38.0 Å². The number of nitrogens with zero attached hydrogens (tertiary/aromatic N) is 5. The van der Waals surface area contributed by atoms with Gasteiger partial charge in [-0.2, -0.15) is 0 Å². The summed E-state index contributed by atoms with van der Waals surface area (Å²) in [5, 5.41) is 19.5. The van der Waals surface area contributed by atoms with Crippen molar-refractivity contribution in [1.29, 1.82) is 0 Å². The molecular weight excluding hydrogens is 606 g/mol. The molecule has 1 aliphatic rings. The Morgan fingerprint density at radius 3 is 2.38 bits per heavy atom. The lowest BCUT2D eigenvalue weighted by atomic mass is 10.1. The lowest BCUT2D eigenvalue weighted by Gasteiger charge is -2.22. The van der Waals surface area contributed by atoms with Crippen LogP contribution in [0.1, 0.15) is 17.0 Å². The number of hydrogen-bond donors (Lipinski definition) is 4. The average molecular weight is 644 g/mol. The molecule has 0 radical (unpaired) electrons. The normalized spacial score (nSPS) is 18.3. The number of ether oxygens (including phenoxy) is 2. The molecule has 0 aliphatic carbocycles. The number of imidazole rings is 1. The monoisotopic (exact) mass is 643 g/mol. The van der Waals surface area contributed by atoms with Gasteiger partial charge in [-0.3, -0.25) is 19.2 Å². The Balaban J connectivity index is 1.27. The minimum Gasteiger partial charge on any atom is -0.377 e. The van der Waals surface area contributed by atoms with Gasteiger partial charge >= 0.3 is 0 Å². The van der Waals surface area contributed by atoms with E-state index in [1.54, 1.807) is 21.6 Å². The fourth-order valence-corrected chi connectivity index (χ4v) is 4.81. The SMILES string of the molecule is O=C(Cn1cnc(CC2NC(=O)COCCOCCNC(=O)C(Cc3cn(-c4ccccc4)nn3)NC2=O)c1)NCc1ccccc1. The van der Waals surface area contributed by atoms with Gasteiger partial charge in [-0.05, 0) is 17.7 Å². The van der Waals surface area contributed by atoms with Crippen molar-refractivity contribution in [2.75, 3.05) is 33.0 Å². The van der Waals surface area contributed by atoms with Crippen LogP contribution in [0.4, 0.5) is 0 Å². The number of benzene rings is 2. The van der Waals surface area contributed by atoms with Gasteiger partial charge in [-0.1, -0.05) is 53.7 Å². The van der Waals surface area contributed by atoms with Gasteiger partial charge in [0.15, 0.2) is 0 Å². The summed E-state index contributed by atoms with van der Waals surface area (Å²) in [7, 11) is 0. The lowest BCUT2D eigenvalue weighted by Crippen LogP contribution is -2.55. The molecule has 4 amide bonds. The molecule has 3 heterocycles. The van der Waals surface area contributed by atoms with E-state index in [1.165, 1.54) is 6.33 Å². The van der Waals surface area contributed by atoms with Crippen LogP contribution in [0.25, 0.3) is 5.69 Å². The summed E-state index contributed by atoms with van der Waals surface area (Å²) >= 11 is 0. The Morgan fingerprint density at radius 2 is 1.57 bits per heavy atom. The van der Waals surface area contributed by atoms with E-state index < -0.39 is 29.8 Å². The van der Waals surface area contributed by atoms with Crippen LogP contribution in [0.5, 0.6) is 0 Å². The second-order valence-corrected chi connectivity index (χ2v) is 10.8. The van der Waals surface area contributed by atoms with E-state index in [0.717, 1.165) is 11.3 Å². The molecule has 4 N–H and O–H groups in total. The smallest absolute Gasteiger partial charge is 0.246 e. The molecule has 15 heteroatoms. The highest BCUT2D eigenvalue weighted by Crippen LogP contribution is 2.09. The fourth-order valence-electron chi connectivity index (χ4n) is 4.81.